The van der Waals surface area contributed by atoms with Gasteiger partial charge in [-0.3, -0.25) is 4.79 Å². The first-order valence-corrected chi connectivity index (χ1v) is 6.10. The fraction of sp³-hybridized carbons (Fsp3) is 0.500. The van der Waals surface area contributed by atoms with Crippen LogP contribution in [0.1, 0.15) is 38.8 Å². The summed E-state index contributed by atoms with van der Waals surface area (Å²) in [6, 6.07) is 9.88. The summed E-state index contributed by atoms with van der Waals surface area (Å²) in [6.45, 7) is 6.03. The minimum absolute atomic E-state index is 0.0163. The van der Waals surface area contributed by atoms with E-state index in [4.69, 9.17) is 5.73 Å². The van der Waals surface area contributed by atoms with Crippen LogP contribution < -0.4 is 11.1 Å². The highest BCUT2D eigenvalue weighted by atomic mass is 16.1. The molecule has 1 aromatic rings. The zero-order valence-corrected chi connectivity index (χ0v) is 10.8. The summed E-state index contributed by atoms with van der Waals surface area (Å²) in [7, 11) is 0. The van der Waals surface area contributed by atoms with E-state index in [1.165, 1.54) is 0 Å². The number of rotatable bonds is 5. The van der Waals surface area contributed by atoms with Crippen molar-refractivity contribution >= 4 is 5.91 Å². The Morgan fingerprint density at radius 1 is 1.24 bits per heavy atom. The third-order valence-electron chi connectivity index (χ3n) is 2.95. The van der Waals surface area contributed by atoms with Crippen LogP contribution in [0.5, 0.6) is 0 Å². The van der Waals surface area contributed by atoms with Gasteiger partial charge in [-0.25, -0.2) is 0 Å². The minimum Gasteiger partial charge on any atom is -0.350 e. The first kappa shape index (κ1) is 13.7. The van der Waals surface area contributed by atoms with Crippen LogP contribution in [0.2, 0.25) is 0 Å². The highest BCUT2D eigenvalue weighted by molar-refractivity contribution is 5.77. The molecule has 0 saturated heterocycles. The van der Waals surface area contributed by atoms with Crippen molar-refractivity contribution < 1.29 is 4.79 Å². The summed E-state index contributed by atoms with van der Waals surface area (Å²) < 4.78 is 0. The predicted octanol–water partition coefficient (Wildman–Crippen LogP) is 2.24. The lowest BCUT2D eigenvalue weighted by Gasteiger charge is -2.18. The monoisotopic (exact) mass is 234 g/mol. The van der Waals surface area contributed by atoms with Crippen LogP contribution in [-0.4, -0.2) is 11.9 Å². The van der Waals surface area contributed by atoms with Crippen molar-refractivity contribution in [1.82, 2.24) is 5.32 Å². The third-order valence-corrected chi connectivity index (χ3v) is 2.95. The Kier molecular flexibility index (Phi) is 5.16. The van der Waals surface area contributed by atoms with Crippen molar-refractivity contribution in [2.75, 3.05) is 0 Å². The van der Waals surface area contributed by atoms with Gasteiger partial charge in [0.15, 0.2) is 0 Å². The molecule has 0 radical (unpaired) electrons. The number of hydrogen-bond acceptors (Lipinski definition) is 2. The molecule has 0 spiro atoms. The summed E-state index contributed by atoms with van der Waals surface area (Å²) in [5.41, 5.74) is 6.98. The Balaban J connectivity index is 2.47. The first-order chi connectivity index (χ1) is 8.00. The van der Waals surface area contributed by atoms with Gasteiger partial charge in [-0.2, -0.15) is 0 Å². The van der Waals surface area contributed by atoms with Crippen LogP contribution in [-0.2, 0) is 4.79 Å². The van der Waals surface area contributed by atoms with Gasteiger partial charge >= 0.3 is 0 Å². The molecule has 1 amide bonds. The van der Waals surface area contributed by atoms with E-state index in [0.29, 0.717) is 12.3 Å². The van der Waals surface area contributed by atoms with Gasteiger partial charge in [-0.15, -0.1) is 0 Å². The lowest BCUT2D eigenvalue weighted by molar-refractivity contribution is -0.122. The van der Waals surface area contributed by atoms with Crippen molar-refractivity contribution in [2.45, 2.75) is 39.3 Å². The van der Waals surface area contributed by atoms with Crippen molar-refractivity contribution in [3.05, 3.63) is 35.9 Å². The van der Waals surface area contributed by atoms with Crippen LogP contribution >= 0.6 is 0 Å². The van der Waals surface area contributed by atoms with Gasteiger partial charge in [0.1, 0.15) is 0 Å². The predicted molar refractivity (Wildman–Crippen MR) is 70.4 cm³/mol. The molecular formula is C14H22N2O. The fourth-order valence-corrected chi connectivity index (χ4v) is 1.58. The van der Waals surface area contributed by atoms with Gasteiger partial charge in [0.2, 0.25) is 5.91 Å². The van der Waals surface area contributed by atoms with E-state index in [9.17, 15) is 4.79 Å². The van der Waals surface area contributed by atoms with Crippen LogP contribution in [0.3, 0.4) is 0 Å². The second-order valence-corrected chi connectivity index (χ2v) is 4.81. The van der Waals surface area contributed by atoms with E-state index in [2.05, 4.69) is 5.32 Å². The topological polar surface area (TPSA) is 55.1 Å². The molecule has 1 unspecified atom stereocenters. The molecule has 3 nitrogen and oxygen atoms in total. The molecule has 0 aliphatic rings. The molecule has 0 heterocycles. The molecule has 0 saturated carbocycles. The summed E-state index contributed by atoms with van der Waals surface area (Å²) >= 11 is 0. The summed E-state index contributed by atoms with van der Waals surface area (Å²) in [5, 5.41) is 2.96. The Morgan fingerprint density at radius 2 is 1.82 bits per heavy atom. The van der Waals surface area contributed by atoms with E-state index < -0.39 is 0 Å². The maximum atomic E-state index is 11.8. The molecule has 0 aromatic heterocycles. The SMILES string of the molecule is CC(C)C(N)CC(=O)N[C@H](C)c1ccccc1. The largest absolute Gasteiger partial charge is 0.350 e. The highest BCUT2D eigenvalue weighted by Gasteiger charge is 2.15. The smallest absolute Gasteiger partial charge is 0.222 e. The number of carbonyl (C=O) groups excluding carboxylic acids is 1. The third kappa shape index (κ3) is 4.57. The van der Waals surface area contributed by atoms with E-state index in [0.717, 1.165) is 5.56 Å². The van der Waals surface area contributed by atoms with Crippen molar-refractivity contribution in [3.63, 3.8) is 0 Å². The quantitative estimate of drug-likeness (QED) is 0.821. The molecule has 3 heteroatoms. The Hall–Kier alpha value is -1.35. The van der Waals surface area contributed by atoms with Crippen molar-refractivity contribution in [3.8, 4) is 0 Å². The summed E-state index contributed by atoms with van der Waals surface area (Å²) in [5.74, 6) is 0.343. The molecule has 94 valence electrons. The number of nitrogens with one attached hydrogen (secondary N) is 1. The number of amides is 1. The number of nitrogens with two attached hydrogens (primary N) is 1. The van der Waals surface area contributed by atoms with Gasteiger partial charge in [-0.1, -0.05) is 44.2 Å². The molecule has 17 heavy (non-hydrogen) atoms. The molecule has 0 bridgehead atoms. The van der Waals surface area contributed by atoms with Crippen LogP contribution in [0.4, 0.5) is 0 Å². The number of hydrogen-bond donors (Lipinski definition) is 2. The van der Waals surface area contributed by atoms with Crippen LogP contribution in [0.15, 0.2) is 30.3 Å². The lowest BCUT2D eigenvalue weighted by atomic mass is 10.0. The zero-order valence-electron chi connectivity index (χ0n) is 10.8. The molecule has 1 rings (SSSR count). The van der Waals surface area contributed by atoms with Crippen LogP contribution in [0, 0.1) is 5.92 Å². The maximum absolute atomic E-state index is 11.8. The molecule has 2 atom stereocenters. The van der Waals surface area contributed by atoms with Gasteiger partial charge < -0.3 is 11.1 Å². The van der Waals surface area contributed by atoms with Gasteiger partial charge in [-0.05, 0) is 18.4 Å². The number of carbonyl (C=O) groups is 1. The standard InChI is InChI=1S/C14H22N2O/c1-10(2)13(15)9-14(17)16-11(3)12-7-5-4-6-8-12/h4-8,10-11,13H,9,15H2,1-3H3,(H,16,17)/t11-,13?/m1/s1. The number of benzene rings is 1. The van der Waals surface area contributed by atoms with E-state index in [1.54, 1.807) is 0 Å². The Labute approximate surface area is 103 Å². The molecule has 0 fully saturated rings. The van der Waals surface area contributed by atoms with Crippen LogP contribution in [0.25, 0.3) is 0 Å². The average Bonchev–Trinajstić information content (AvgIpc) is 2.29. The molecular weight excluding hydrogens is 212 g/mol. The molecule has 1 aromatic carbocycles. The van der Waals surface area contributed by atoms with Crippen molar-refractivity contribution in [2.24, 2.45) is 11.7 Å². The lowest BCUT2D eigenvalue weighted by Crippen LogP contribution is -2.35. The van der Waals surface area contributed by atoms with Gasteiger partial charge in [0, 0.05) is 12.5 Å². The van der Waals surface area contributed by atoms with Gasteiger partial charge in [0.05, 0.1) is 6.04 Å². The van der Waals surface area contributed by atoms with E-state index in [-0.39, 0.29) is 18.0 Å². The second kappa shape index (κ2) is 6.40. The average molecular weight is 234 g/mol. The summed E-state index contributed by atoms with van der Waals surface area (Å²) in [4.78, 5) is 11.8. The second-order valence-electron chi connectivity index (χ2n) is 4.81. The van der Waals surface area contributed by atoms with E-state index >= 15 is 0 Å². The maximum Gasteiger partial charge on any atom is 0.222 e. The Bertz CT molecular complexity index is 348. The zero-order chi connectivity index (χ0) is 12.8. The molecule has 0 aliphatic heterocycles. The Morgan fingerprint density at radius 3 is 2.35 bits per heavy atom. The highest BCUT2D eigenvalue weighted by Crippen LogP contribution is 2.12. The van der Waals surface area contributed by atoms with E-state index in [1.807, 2.05) is 51.1 Å². The van der Waals surface area contributed by atoms with Crippen molar-refractivity contribution in [1.29, 1.82) is 0 Å². The van der Waals surface area contributed by atoms with Gasteiger partial charge in [0.25, 0.3) is 0 Å². The fourth-order valence-electron chi connectivity index (χ4n) is 1.58. The molecule has 0 aliphatic carbocycles. The molecule has 3 N–H and O–H groups in total. The normalized spacial score (nSPS) is 14.4. The first-order valence-electron chi connectivity index (χ1n) is 6.10. The minimum atomic E-state index is -0.0713. The summed E-state index contributed by atoms with van der Waals surface area (Å²) in [6.07, 6.45) is 0.384.